The standard InChI is InChI=1S/C23H27NO5/c1-16(2)13-14-29-23(26)21(15-17-5-9-19(27-3)10-6-17)24-22(25)18-7-11-20(28-4)12-8-18/h5-12,15-16H,13-14H2,1-4H3,(H,24,25)/b21-15+. The van der Waals surface area contributed by atoms with Gasteiger partial charge in [-0.2, -0.15) is 0 Å². The number of rotatable bonds is 9. The van der Waals surface area contributed by atoms with E-state index in [4.69, 9.17) is 14.2 Å². The van der Waals surface area contributed by atoms with Crippen LogP contribution in [0.5, 0.6) is 11.5 Å². The number of carbonyl (C=O) groups is 2. The molecule has 0 heterocycles. The predicted octanol–water partition coefficient (Wildman–Crippen LogP) is 4.06. The van der Waals surface area contributed by atoms with Gasteiger partial charge in [0.15, 0.2) is 0 Å². The van der Waals surface area contributed by atoms with E-state index in [1.54, 1.807) is 68.8 Å². The van der Waals surface area contributed by atoms with Crippen molar-refractivity contribution in [1.82, 2.24) is 5.32 Å². The van der Waals surface area contributed by atoms with Gasteiger partial charge in [0.2, 0.25) is 0 Å². The minimum atomic E-state index is -0.580. The molecule has 0 fully saturated rings. The zero-order valence-electron chi connectivity index (χ0n) is 17.2. The first-order valence-electron chi connectivity index (χ1n) is 9.41. The van der Waals surface area contributed by atoms with Crippen molar-refractivity contribution in [3.63, 3.8) is 0 Å². The van der Waals surface area contributed by atoms with Gasteiger partial charge in [0.1, 0.15) is 17.2 Å². The summed E-state index contributed by atoms with van der Waals surface area (Å²) in [7, 11) is 3.13. The van der Waals surface area contributed by atoms with Crippen molar-refractivity contribution in [2.24, 2.45) is 5.92 Å². The molecule has 29 heavy (non-hydrogen) atoms. The maximum Gasteiger partial charge on any atom is 0.354 e. The summed E-state index contributed by atoms with van der Waals surface area (Å²) in [6, 6.07) is 13.8. The Labute approximate surface area is 171 Å². The number of carbonyl (C=O) groups excluding carboxylic acids is 2. The van der Waals surface area contributed by atoms with Crippen LogP contribution in [0, 0.1) is 5.92 Å². The zero-order valence-corrected chi connectivity index (χ0v) is 17.2. The number of methoxy groups -OCH3 is 2. The van der Waals surface area contributed by atoms with Gasteiger partial charge < -0.3 is 19.5 Å². The second kappa shape index (κ2) is 10.9. The maximum atomic E-state index is 12.6. The highest BCUT2D eigenvalue weighted by Gasteiger charge is 2.16. The first kappa shape index (κ1) is 22.0. The second-order valence-electron chi connectivity index (χ2n) is 6.83. The fraction of sp³-hybridized carbons (Fsp3) is 0.304. The molecular weight excluding hydrogens is 370 g/mol. The Morgan fingerprint density at radius 3 is 2.00 bits per heavy atom. The van der Waals surface area contributed by atoms with Gasteiger partial charge in [-0.05, 0) is 60.4 Å². The van der Waals surface area contributed by atoms with Crippen molar-refractivity contribution < 1.29 is 23.8 Å². The Morgan fingerprint density at radius 1 is 0.931 bits per heavy atom. The SMILES string of the molecule is COc1ccc(/C=C(/NC(=O)c2ccc(OC)cc2)C(=O)OCCC(C)C)cc1. The molecule has 0 saturated heterocycles. The molecule has 0 unspecified atom stereocenters. The summed E-state index contributed by atoms with van der Waals surface area (Å²) in [5.74, 6) is 0.761. The largest absolute Gasteiger partial charge is 0.497 e. The first-order chi connectivity index (χ1) is 13.9. The molecule has 154 valence electrons. The summed E-state index contributed by atoms with van der Waals surface area (Å²) in [4.78, 5) is 25.2. The molecular formula is C23H27NO5. The second-order valence-corrected chi connectivity index (χ2v) is 6.83. The molecule has 2 rings (SSSR count). The van der Waals surface area contributed by atoms with E-state index < -0.39 is 11.9 Å². The Hall–Kier alpha value is -3.28. The smallest absolute Gasteiger partial charge is 0.354 e. The average molecular weight is 397 g/mol. The van der Waals surface area contributed by atoms with Crippen molar-refractivity contribution >= 4 is 18.0 Å². The van der Waals surface area contributed by atoms with Gasteiger partial charge in [0, 0.05) is 5.56 Å². The molecule has 0 aliphatic carbocycles. The Kier molecular flexibility index (Phi) is 8.27. The number of benzene rings is 2. The van der Waals surface area contributed by atoms with Crippen molar-refractivity contribution in [3.8, 4) is 11.5 Å². The molecule has 6 heteroatoms. The van der Waals surface area contributed by atoms with Crippen LogP contribution >= 0.6 is 0 Å². The van der Waals surface area contributed by atoms with E-state index in [9.17, 15) is 9.59 Å². The third-order valence-electron chi connectivity index (χ3n) is 4.18. The number of esters is 1. The average Bonchev–Trinajstić information content (AvgIpc) is 2.73. The minimum absolute atomic E-state index is 0.0692. The molecule has 0 bridgehead atoms. The Bertz CT molecular complexity index is 839. The lowest BCUT2D eigenvalue weighted by Crippen LogP contribution is -2.28. The lowest BCUT2D eigenvalue weighted by molar-refractivity contribution is -0.139. The number of nitrogens with one attached hydrogen (secondary N) is 1. The van der Waals surface area contributed by atoms with Gasteiger partial charge in [0.25, 0.3) is 5.91 Å². The highest BCUT2D eigenvalue weighted by Crippen LogP contribution is 2.15. The minimum Gasteiger partial charge on any atom is -0.497 e. The Balaban J connectivity index is 2.20. The zero-order chi connectivity index (χ0) is 21.2. The van der Waals surface area contributed by atoms with Crippen LogP contribution in [0.2, 0.25) is 0 Å². The topological polar surface area (TPSA) is 73.9 Å². The summed E-state index contributed by atoms with van der Waals surface area (Å²) in [5.41, 5.74) is 1.21. The summed E-state index contributed by atoms with van der Waals surface area (Å²) in [6.45, 7) is 4.38. The van der Waals surface area contributed by atoms with Crippen LogP contribution in [0.4, 0.5) is 0 Å². The van der Waals surface area contributed by atoms with Crippen molar-refractivity contribution in [1.29, 1.82) is 0 Å². The van der Waals surface area contributed by atoms with E-state index in [0.29, 0.717) is 23.0 Å². The van der Waals surface area contributed by atoms with Crippen molar-refractivity contribution in [3.05, 3.63) is 65.4 Å². The van der Waals surface area contributed by atoms with Gasteiger partial charge in [0.05, 0.1) is 20.8 Å². The Morgan fingerprint density at radius 2 is 1.48 bits per heavy atom. The van der Waals surface area contributed by atoms with Gasteiger partial charge in [-0.1, -0.05) is 26.0 Å². The fourth-order valence-corrected chi connectivity index (χ4v) is 2.41. The van der Waals surface area contributed by atoms with Crippen LogP contribution in [0.15, 0.2) is 54.2 Å². The number of hydrogen-bond donors (Lipinski definition) is 1. The van der Waals surface area contributed by atoms with E-state index in [1.807, 2.05) is 13.8 Å². The molecule has 0 aliphatic heterocycles. The van der Waals surface area contributed by atoms with Crippen molar-refractivity contribution in [2.45, 2.75) is 20.3 Å². The number of ether oxygens (including phenoxy) is 3. The summed E-state index contributed by atoms with van der Waals surface area (Å²) >= 11 is 0. The quantitative estimate of drug-likeness (QED) is 0.510. The summed E-state index contributed by atoms with van der Waals surface area (Å²) in [5, 5.41) is 2.66. The molecule has 0 aromatic heterocycles. The van der Waals surface area contributed by atoms with Gasteiger partial charge >= 0.3 is 5.97 Å². The number of amides is 1. The summed E-state index contributed by atoms with van der Waals surface area (Å²) in [6.07, 6.45) is 2.33. The van der Waals surface area contributed by atoms with E-state index in [2.05, 4.69) is 5.32 Å². The van der Waals surface area contributed by atoms with Crippen LogP contribution in [-0.2, 0) is 9.53 Å². The highest BCUT2D eigenvalue weighted by molar-refractivity contribution is 6.03. The molecule has 0 saturated carbocycles. The molecule has 2 aromatic rings. The van der Waals surface area contributed by atoms with Crippen LogP contribution < -0.4 is 14.8 Å². The van der Waals surface area contributed by atoms with Crippen LogP contribution in [-0.4, -0.2) is 32.7 Å². The molecule has 1 N–H and O–H groups in total. The lowest BCUT2D eigenvalue weighted by Gasteiger charge is -2.12. The monoisotopic (exact) mass is 397 g/mol. The summed E-state index contributed by atoms with van der Waals surface area (Å²) < 4.78 is 15.6. The molecule has 0 spiro atoms. The molecule has 0 radical (unpaired) electrons. The van der Waals surface area contributed by atoms with Crippen LogP contribution in [0.25, 0.3) is 6.08 Å². The normalized spacial score (nSPS) is 11.1. The van der Waals surface area contributed by atoms with Crippen molar-refractivity contribution in [2.75, 3.05) is 20.8 Å². The molecule has 6 nitrogen and oxygen atoms in total. The maximum absolute atomic E-state index is 12.6. The number of hydrogen-bond acceptors (Lipinski definition) is 5. The van der Waals surface area contributed by atoms with Gasteiger partial charge in [-0.25, -0.2) is 4.79 Å². The van der Waals surface area contributed by atoms with E-state index in [-0.39, 0.29) is 12.3 Å². The third-order valence-corrected chi connectivity index (χ3v) is 4.18. The van der Waals surface area contributed by atoms with Gasteiger partial charge in [-0.15, -0.1) is 0 Å². The predicted molar refractivity (Wildman–Crippen MR) is 112 cm³/mol. The highest BCUT2D eigenvalue weighted by atomic mass is 16.5. The van der Waals surface area contributed by atoms with E-state index >= 15 is 0 Å². The first-order valence-corrected chi connectivity index (χ1v) is 9.41. The van der Waals surface area contributed by atoms with E-state index in [1.165, 1.54) is 0 Å². The molecule has 2 aromatic carbocycles. The van der Waals surface area contributed by atoms with Crippen LogP contribution in [0.3, 0.4) is 0 Å². The van der Waals surface area contributed by atoms with E-state index in [0.717, 1.165) is 12.0 Å². The molecule has 0 atom stereocenters. The molecule has 1 amide bonds. The third kappa shape index (κ3) is 6.99. The fourth-order valence-electron chi connectivity index (χ4n) is 2.41. The lowest BCUT2D eigenvalue weighted by atomic mass is 10.1. The van der Waals surface area contributed by atoms with Gasteiger partial charge in [-0.3, -0.25) is 4.79 Å². The molecule has 0 aliphatic rings. The van der Waals surface area contributed by atoms with Crippen LogP contribution in [0.1, 0.15) is 36.2 Å².